The summed E-state index contributed by atoms with van der Waals surface area (Å²) in [7, 11) is 0. The molecule has 21 heavy (non-hydrogen) atoms. The van der Waals surface area contributed by atoms with Crippen molar-refractivity contribution >= 4 is 15.9 Å². The molecule has 0 spiro atoms. The van der Waals surface area contributed by atoms with Crippen molar-refractivity contribution in [3.63, 3.8) is 0 Å². The van der Waals surface area contributed by atoms with E-state index < -0.39 is 0 Å². The Morgan fingerprint density at radius 2 is 1.71 bits per heavy atom. The molecule has 1 atom stereocenters. The van der Waals surface area contributed by atoms with Gasteiger partial charge in [-0.1, -0.05) is 67.0 Å². The van der Waals surface area contributed by atoms with Crippen LogP contribution in [0, 0.1) is 12.7 Å². The molecule has 0 heterocycles. The lowest BCUT2D eigenvalue weighted by atomic mass is 9.82. The molecule has 0 saturated heterocycles. The minimum atomic E-state index is -0.191. The lowest BCUT2D eigenvalue weighted by Gasteiger charge is -2.24. The maximum Gasteiger partial charge on any atom is 0.123 e. The van der Waals surface area contributed by atoms with E-state index in [-0.39, 0.29) is 16.1 Å². The fourth-order valence-corrected chi connectivity index (χ4v) is 3.17. The van der Waals surface area contributed by atoms with Crippen LogP contribution in [0.5, 0.6) is 0 Å². The van der Waals surface area contributed by atoms with E-state index in [4.69, 9.17) is 0 Å². The van der Waals surface area contributed by atoms with Crippen molar-refractivity contribution in [2.24, 2.45) is 0 Å². The van der Waals surface area contributed by atoms with E-state index in [1.807, 2.05) is 13.0 Å². The van der Waals surface area contributed by atoms with Crippen LogP contribution in [-0.2, 0) is 5.41 Å². The fraction of sp³-hybridized carbons (Fsp3) is 0.368. The molecular formula is C19H22BrF. The summed E-state index contributed by atoms with van der Waals surface area (Å²) in [6.07, 6.45) is 1.10. The van der Waals surface area contributed by atoms with Gasteiger partial charge in [-0.2, -0.15) is 0 Å². The SMILES string of the molecule is CCC(C)(C)c1ccc(C(Br)c2cc(F)ccc2C)cc1. The van der Waals surface area contributed by atoms with Crippen LogP contribution >= 0.6 is 15.9 Å². The van der Waals surface area contributed by atoms with Crippen molar-refractivity contribution in [2.45, 2.75) is 44.4 Å². The molecule has 2 rings (SSSR count). The molecule has 2 heteroatoms. The number of rotatable bonds is 4. The first kappa shape index (κ1) is 16.2. The molecule has 2 aromatic rings. The monoisotopic (exact) mass is 348 g/mol. The highest BCUT2D eigenvalue weighted by Gasteiger charge is 2.19. The maximum atomic E-state index is 13.5. The molecule has 0 fully saturated rings. The summed E-state index contributed by atoms with van der Waals surface area (Å²) in [4.78, 5) is 0.0204. The predicted octanol–water partition coefficient (Wildman–Crippen LogP) is 6.31. The normalized spacial score (nSPS) is 13.2. The van der Waals surface area contributed by atoms with E-state index in [0.717, 1.165) is 23.1 Å². The molecule has 0 aliphatic rings. The summed E-state index contributed by atoms with van der Waals surface area (Å²) in [6, 6.07) is 13.6. The van der Waals surface area contributed by atoms with Crippen LogP contribution in [0.3, 0.4) is 0 Å². The number of hydrogen-bond acceptors (Lipinski definition) is 0. The van der Waals surface area contributed by atoms with Gasteiger partial charge in [-0.3, -0.25) is 0 Å². The first-order valence-corrected chi connectivity index (χ1v) is 8.27. The van der Waals surface area contributed by atoms with Crippen LogP contribution in [0.2, 0.25) is 0 Å². The second-order valence-corrected chi connectivity index (χ2v) is 7.14. The highest BCUT2D eigenvalue weighted by atomic mass is 79.9. The number of halogens is 2. The van der Waals surface area contributed by atoms with Crippen molar-refractivity contribution in [1.29, 1.82) is 0 Å². The van der Waals surface area contributed by atoms with Crippen LogP contribution in [0.4, 0.5) is 4.39 Å². The highest BCUT2D eigenvalue weighted by Crippen LogP contribution is 2.35. The summed E-state index contributed by atoms with van der Waals surface area (Å²) >= 11 is 3.70. The van der Waals surface area contributed by atoms with E-state index in [9.17, 15) is 4.39 Å². The van der Waals surface area contributed by atoms with Gasteiger partial charge < -0.3 is 0 Å². The molecule has 112 valence electrons. The van der Waals surface area contributed by atoms with Crippen LogP contribution < -0.4 is 0 Å². The standard InChI is InChI=1S/C19H22BrF/c1-5-19(3,4)15-9-7-14(8-10-15)18(20)17-12-16(21)11-6-13(17)2/h6-12,18H,5H2,1-4H3. The van der Waals surface area contributed by atoms with Gasteiger partial charge >= 0.3 is 0 Å². The molecule has 1 unspecified atom stereocenters. The van der Waals surface area contributed by atoms with Gasteiger partial charge in [0.1, 0.15) is 5.82 Å². The van der Waals surface area contributed by atoms with Crippen LogP contribution in [-0.4, -0.2) is 0 Å². The highest BCUT2D eigenvalue weighted by molar-refractivity contribution is 9.09. The third kappa shape index (κ3) is 3.55. The minimum absolute atomic E-state index is 0.0204. The van der Waals surface area contributed by atoms with Gasteiger partial charge in [-0.05, 0) is 53.1 Å². The van der Waals surface area contributed by atoms with Crippen molar-refractivity contribution in [3.8, 4) is 0 Å². The van der Waals surface area contributed by atoms with Crippen molar-refractivity contribution in [3.05, 3.63) is 70.5 Å². The topological polar surface area (TPSA) is 0 Å². The molecule has 2 aromatic carbocycles. The van der Waals surface area contributed by atoms with Gasteiger partial charge in [-0.15, -0.1) is 0 Å². The molecule has 0 radical (unpaired) electrons. The molecule has 0 aliphatic carbocycles. The maximum absolute atomic E-state index is 13.5. The molecule has 0 bridgehead atoms. The summed E-state index contributed by atoms with van der Waals surface area (Å²) in [5.74, 6) is -0.191. The Labute approximate surface area is 135 Å². The van der Waals surface area contributed by atoms with Crippen LogP contribution in [0.15, 0.2) is 42.5 Å². The molecule has 0 aliphatic heterocycles. The third-order valence-corrected chi connectivity index (χ3v) is 5.40. The quantitative estimate of drug-likeness (QED) is 0.568. The second-order valence-electron chi connectivity index (χ2n) is 6.22. The van der Waals surface area contributed by atoms with Crippen molar-refractivity contribution in [2.75, 3.05) is 0 Å². The van der Waals surface area contributed by atoms with E-state index in [1.165, 1.54) is 11.6 Å². The van der Waals surface area contributed by atoms with Gasteiger partial charge in [-0.25, -0.2) is 4.39 Å². The van der Waals surface area contributed by atoms with E-state index in [0.29, 0.717) is 0 Å². The first-order chi connectivity index (χ1) is 9.85. The van der Waals surface area contributed by atoms with Gasteiger partial charge in [0, 0.05) is 0 Å². The Balaban J connectivity index is 2.32. The lowest BCUT2D eigenvalue weighted by molar-refractivity contribution is 0.506. The van der Waals surface area contributed by atoms with Gasteiger partial charge in [0.05, 0.1) is 4.83 Å². The van der Waals surface area contributed by atoms with E-state index in [2.05, 4.69) is 61.0 Å². The van der Waals surface area contributed by atoms with Gasteiger partial charge in [0.2, 0.25) is 0 Å². The first-order valence-electron chi connectivity index (χ1n) is 7.35. The summed E-state index contributed by atoms with van der Waals surface area (Å²) in [6.45, 7) is 8.73. The minimum Gasteiger partial charge on any atom is -0.207 e. The Morgan fingerprint density at radius 1 is 1.10 bits per heavy atom. The number of aryl methyl sites for hydroxylation is 1. The van der Waals surface area contributed by atoms with E-state index in [1.54, 1.807) is 6.07 Å². The zero-order chi connectivity index (χ0) is 15.6. The average molecular weight is 349 g/mol. The van der Waals surface area contributed by atoms with Crippen molar-refractivity contribution in [1.82, 2.24) is 0 Å². The van der Waals surface area contributed by atoms with Gasteiger partial charge in [0.25, 0.3) is 0 Å². The number of benzene rings is 2. The fourth-order valence-electron chi connectivity index (χ4n) is 2.37. The average Bonchev–Trinajstić information content (AvgIpc) is 2.49. The number of hydrogen-bond donors (Lipinski definition) is 0. The van der Waals surface area contributed by atoms with Crippen molar-refractivity contribution < 1.29 is 4.39 Å². The molecule has 0 saturated carbocycles. The Bertz CT molecular complexity index is 614. The molecular weight excluding hydrogens is 327 g/mol. The smallest absolute Gasteiger partial charge is 0.123 e. The molecule has 0 amide bonds. The summed E-state index contributed by atoms with van der Waals surface area (Å²) in [5, 5.41) is 0. The summed E-state index contributed by atoms with van der Waals surface area (Å²) < 4.78 is 13.5. The van der Waals surface area contributed by atoms with Gasteiger partial charge in [0.15, 0.2) is 0 Å². The Kier molecular flexibility index (Phi) is 4.88. The predicted molar refractivity (Wildman–Crippen MR) is 91.7 cm³/mol. The van der Waals surface area contributed by atoms with E-state index >= 15 is 0 Å². The van der Waals surface area contributed by atoms with Crippen LogP contribution in [0.1, 0.15) is 54.3 Å². The zero-order valence-corrected chi connectivity index (χ0v) is 14.7. The number of alkyl halides is 1. The zero-order valence-electron chi connectivity index (χ0n) is 13.1. The third-order valence-electron chi connectivity index (χ3n) is 4.38. The molecule has 0 N–H and O–H groups in total. The Hall–Kier alpha value is -1.15. The lowest BCUT2D eigenvalue weighted by Crippen LogP contribution is -2.15. The van der Waals surface area contributed by atoms with Crippen LogP contribution in [0.25, 0.3) is 0 Å². The molecule has 0 nitrogen and oxygen atoms in total. The summed E-state index contributed by atoms with van der Waals surface area (Å²) in [5.41, 5.74) is 4.76. The largest absolute Gasteiger partial charge is 0.207 e. The molecule has 0 aromatic heterocycles. The Morgan fingerprint density at radius 3 is 2.29 bits per heavy atom. The second kappa shape index (κ2) is 6.31.